The van der Waals surface area contributed by atoms with Crippen molar-refractivity contribution in [1.29, 1.82) is 0 Å². The summed E-state index contributed by atoms with van der Waals surface area (Å²) >= 11 is 0. The molecule has 1 atom stereocenters. The Morgan fingerprint density at radius 3 is 2.14 bits per heavy atom. The second-order valence-electron chi connectivity index (χ2n) is 8.34. The maximum absolute atomic E-state index is 11.9. The molecule has 35 heavy (non-hydrogen) atoms. The van der Waals surface area contributed by atoms with Crippen LogP contribution in [0.3, 0.4) is 0 Å². The largest absolute Gasteiger partial charge is 0.507 e. The summed E-state index contributed by atoms with van der Waals surface area (Å²) in [6.07, 6.45) is 7.79. The first-order valence-electron chi connectivity index (χ1n) is 11.1. The van der Waals surface area contributed by atoms with E-state index in [2.05, 4.69) is 6.58 Å². The number of carbonyl (C=O) groups is 4. The second-order valence-corrected chi connectivity index (χ2v) is 8.34. The Balaban J connectivity index is 0.000000196. The van der Waals surface area contributed by atoms with Gasteiger partial charge < -0.3 is 5.11 Å². The van der Waals surface area contributed by atoms with Crippen LogP contribution in [-0.2, 0) is 14.4 Å². The molecule has 5 heteroatoms. The zero-order chi connectivity index (χ0) is 25.5. The minimum atomic E-state index is -0.608. The topological polar surface area (TPSA) is 88.5 Å². The lowest BCUT2D eigenvalue weighted by molar-refractivity contribution is -0.114. The second kappa shape index (κ2) is 11.2. The van der Waals surface area contributed by atoms with Crippen LogP contribution >= 0.6 is 0 Å². The van der Waals surface area contributed by atoms with Crippen LogP contribution in [0.4, 0.5) is 0 Å². The molecular weight excluding hydrogens is 440 g/mol. The Hall–Kier alpha value is -4.38. The number of allylic oxidation sites excluding steroid dienone is 8. The van der Waals surface area contributed by atoms with Gasteiger partial charge in [-0.25, -0.2) is 0 Å². The number of aliphatic hydroxyl groups excluding tert-OH is 1. The molecule has 1 unspecified atom stereocenters. The van der Waals surface area contributed by atoms with Crippen LogP contribution < -0.4 is 0 Å². The quantitative estimate of drug-likeness (QED) is 0.349. The fourth-order valence-electron chi connectivity index (χ4n) is 3.79. The van der Waals surface area contributed by atoms with Crippen molar-refractivity contribution in [3.8, 4) is 0 Å². The highest BCUT2D eigenvalue weighted by Crippen LogP contribution is 2.30. The molecule has 5 nitrogen and oxygen atoms in total. The van der Waals surface area contributed by atoms with Gasteiger partial charge in [0, 0.05) is 28.2 Å². The van der Waals surface area contributed by atoms with E-state index in [4.69, 9.17) is 0 Å². The number of Topliss-reactive ketones (excluding diaryl/α,β-unsaturated/α-hetero) is 2. The number of fused-ring (bicyclic) bond motifs is 1. The lowest BCUT2D eigenvalue weighted by atomic mass is 9.86. The maximum atomic E-state index is 11.9. The smallest absolute Gasteiger partial charge is 0.234 e. The van der Waals surface area contributed by atoms with E-state index in [0.717, 1.165) is 11.1 Å². The van der Waals surface area contributed by atoms with Crippen molar-refractivity contribution < 1.29 is 24.3 Å². The van der Waals surface area contributed by atoms with E-state index in [9.17, 15) is 24.3 Å². The zero-order valence-electron chi connectivity index (χ0n) is 19.7. The number of aliphatic hydroxyl groups is 1. The van der Waals surface area contributed by atoms with Gasteiger partial charge in [-0.3, -0.25) is 19.2 Å². The average Bonchev–Trinajstić information content (AvgIpc) is 2.86. The first-order valence-corrected chi connectivity index (χ1v) is 11.1. The molecule has 4 rings (SSSR count). The maximum Gasteiger partial charge on any atom is 0.234 e. The van der Waals surface area contributed by atoms with E-state index in [1.54, 1.807) is 30.3 Å². The molecule has 1 N–H and O–H groups in total. The highest BCUT2D eigenvalue weighted by Gasteiger charge is 2.31. The van der Waals surface area contributed by atoms with Crippen molar-refractivity contribution in [2.75, 3.05) is 0 Å². The summed E-state index contributed by atoms with van der Waals surface area (Å²) in [6, 6.07) is 16.2. The number of hydrogen-bond donors (Lipinski definition) is 1. The molecule has 2 aromatic rings. The van der Waals surface area contributed by atoms with Gasteiger partial charge in [-0.15, -0.1) is 6.58 Å². The molecule has 0 saturated heterocycles. The normalized spacial score (nSPS) is 15.5. The fourth-order valence-corrected chi connectivity index (χ4v) is 3.79. The van der Waals surface area contributed by atoms with Gasteiger partial charge >= 0.3 is 0 Å². The lowest BCUT2D eigenvalue weighted by Crippen LogP contribution is -2.23. The predicted octanol–water partition coefficient (Wildman–Crippen LogP) is 5.67. The summed E-state index contributed by atoms with van der Waals surface area (Å²) in [5.74, 6) is -1.73. The first kappa shape index (κ1) is 25.2. The van der Waals surface area contributed by atoms with Gasteiger partial charge in [0.05, 0.1) is 0 Å². The minimum absolute atomic E-state index is 0.0762. The number of ketones is 4. The van der Waals surface area contributed by atoms with Crippen molar-refractivity contribution >= 4 is 28.9 Å². The molecule has 2 aliphatic rings. The van der Waals surface area contributed by atoms with Crippen LogP contribution in [0.1, 0.15) is 47.7 Å². The van der Waals surface area contributed by atoms with Crippen LogP contribution in [0.2, 0.25) is 0 Å². The van der Waals surface area contributed by atoms with E-state index in [0.29, 0.717) is 11.1 Å². The van der Waals surface area contributed by atoms with E-state index < -0.39 is 11.6 Å². The standard InChI is InChI=1S/C15H14O3.C15H12O2/c1-9(2)7-8-12-13(16)10-5-3-4-6-11(10)14(17)15(12)18;1-2-13(11-6-4-3-5-7-11)14-10-12(16)8-9-15(14)17/h3-7,16H,8H2,1-2H3;2-10,13H,1H2. The summed E-state index contributed by atoms with van der Waals surface area (Å²) in [6.45, 7) is 7.55. The Labute approximate surface area is 204 Å². The molecule has 2 aliphatic carbocycles. The minimum Gasteiger partial charge on any atom is -0.507 e. The Bertz CT molecular complexity index is 1320. The number of rotatable bonds is 5. The highest BCUT2D eigenvalue weighted by atomic mass is 16.3. The third-order valence-electron chi connectivity index (χ3n) is 5.62. The summed E-state index contributed by atoms with van der Waals surface area (Å²) in [4.78, 5) is 46.9. The van der Waals surface area contributed by atoms with Gasteiger partial charge in [-0.2, -0.15) is 0 Å². The zero-order valence-corrected chi connectivity index (χ0v) is 19.7. The van der Waals surface area contributed by atoms with Crippen molar-refractivity contribution in [2.45, 2.75) is 26.2 Å². The lowest BCUT2D eigenvalue weighted by Gasteiger charge is -2.16. The first-order chi connectivity index (χ1) is 16.7. The summed E-state index contributed by atoms with van der Waals surface area (Å²) in [5.41, 5.74) is 3.39. The summed E-state index contributed by atoms with van der Waals surface area (Å²) < 4.78 is 0. The molecule has 0 aromatic heterocycles. The van der Waals surface area contributed by atoms with E-state index in [1.165, 1.54) is 18.2 Å². The van der Waals surface area contributed by atoms with Gasteiger partial charge in [-0.1, -0.05) is 72.3 Å². The molecule has 0 bridgehead atoms. The Morgan fingerprint density at radius 2 is 1.51 bits per heavy atom. The molecule has 0 spiro atoms. The fraction of sp³-hybridized carbons (Fsp3) is 0.133. The van der Waals surface area contributed by atoms with E-state index in [1.807, 2.05) is 50.3 Å². The molecule has 0 aliphatic heterocycles. The highest BCUT2D eigenvalue weighted by molar-refractivity contribution is 6.52. The van der Waals surface area contributed by atoms with Gasteiger partial charge in [0.1, 0.15) is 5.76 Å². The number of hydrogen-bond acceptors (Lipinski definition) is 5. The Kier molecular flexibility index (Phi) is 8.05. The van der Waals surface area contributed by atoms with Crippen molar-refractivity contribution in [1.82, 2.24) is 0 Å². The van der Waals surface area contributed by atoms with Crippen LogP contribution in [0.15, 0.2) is 108 Å². The molecule has 0 saturated carbocycles. The van der Waals surface area contributed by atoms with Crippen molar-refractivity contribution in [3.63, 3.8) is 0 Å². The Morgan fingerprint density at radius 1 is 0.886 bits per heavy atom. The average molecular weight is 467 g/mol. The summed E-state index contributed by atoms with van der Waals surface area (Å²) in [7, 11) is 0. The number of benzene rings is 2. The van der Waals surface area contributed by atoms with E-state index in [-0.39, 0.29) is 40.8 Å². The van der Waals surface area contributed by atoms with Gasteiger partial charge in [-0.05, 0) is 44.1 Å². The molecule has 0 radical (unpaired) electrons. The SMILES string of the molecule is C=CC(C1=CC(=O)C=CC1=O)c1ccccc1.CC(C)=CCC1=C(O)c2ccccc2C(=O)C1=O. The molecule has 0 amide bonds. The van der Waals surface area contributed by atoms with E-state index >= 15 is 0 Å². The third-order valence-corrected chi connectivity index (χ3v) is 5.62. The van der Waals surface area contributed by atoms with Gasteiger partial charge in [0.2, 0.25) is 11.6 Å². The molecule has 2 aromatic carbocycles. The van der Waals surface area contributed by atoms with Crippen LogP contribution in [-0.4, -0.2) is 28.2 Å². The third kappa shape index (κ3) is 5.76. The van der Waals surface area contributed by atoms with Crippen molar-refractivity contribution in [3.05, 3.63) is 125 Å². The van der Waals surface area contributed by atoms with Gasteiger partial charge in [0.25, 0.3) is 0 Å². The van der Waals surface area contributed by atoms with Gasteiger partial charge in [0.15, 0.2) is 11.6 Å². The predicted molar refractivity (Wildman–Crippen MR) is 136 cm³/mol. The monoisotopic (exact) mass is 466 g/mol. The molecular formula is C30H26O5. The van der Waals surface area contributed by atoms with Crippen LogP contribution in [0.25, 0.3) is 5.76 Å². The van der Waals surface area contributed by atoms with Crippen LogP contribution in [0.5, 0.6) is 0 Å². The van der Waals surface area contributed by atoms with Crippen LogP contribution in [0, 0.1) is 0 Å². The van der Waals surface area contributed by atoms with Crippen molar-refractivity contribution in [2.24, 2.45) is 0 Å². The molecule has 0 fully saturated rings. The molecule has 0 heterocycles. The summed E-state index contributed by atoms with van der Waals surface area (Å²) in [5, 5.41) is 10.1. The molecule has 176 valence electrons. The number of carbonyl (C=O) groups excluding carboxylic acids is 4.